The van der Waals surface area contributed by atoms with Crippen LogP contribution in [0.4, 0.5) is 0 Å². The number of rotatable bonds is 4. The van der Waals surface area contributed by atoms with E-state index in [0.29, 0.717) is 13.0 Å². The van der Waals surface area contributed by atoms with Crippen LogP contribution in [0.3, 0.4) is 0 Å². The van der Waals surface area contributed by atoms with Crippen LogP contribution in [0.1, 0.15) is 11.3 Å². The molecule has 0 atom stereocenters. The van der Waals surface area contributed by atoms with E-state index in [4.69, 9.17) is 0 Å². The van der Waals surface area contributed by atoms with Crippen molar-refractivity contribution in [2.75, 3.05) is 0 Å². The first-order valence-electron chi connectivity index (χ1n) is 7.55. The highest BCUT2D eigenvalue weighted by Gasteiger charge is 2.10. The van der Waals surface area contributed by atoms with Crippen molar-refractivity contribution in [1.29, 1.82) is 0 Å². The highest BCUT2D eigenvalue weighted by atomic mass is 16.1. The average molecular weight is 304 g/mol. The Bertz CT molecular complexity index is 983. The molecule has 0 fully saturated rings. The Kier molecular flexibility index (Phi) is 3.31. The van der Waals surface area contributed by atoms with Gasteiger partial charge in [0.25, 0.3) is 0 Å². The fourth-order valence-electron chi connectivity index (χ4n) is 2.85. The quantitative estimate of drug-likeness (QED) is 0.542. The number of hydrogen-bond acceptors (Lipinski definition) is 2. The fraction of sp³-hybridized carbons (Fsp3) is 0.111. The zero-order chi connectivity index (χ0) is 15.6. The van der Waals surface area contributed by atoms with Crippen molar-refractivity contribution < 1.29 is 4.79 Å². The Labute approximate surface area is 132 Å². The number of aromatic nitrogens is 3. The third-order valence-corrected chi connectivity index (χ3v) is 4.03. The van der Waals surface area contributed by atoms with Crippen molar-refractivity contribution in [2.45, 2.75) is 13.0 Å². The third-order valence-electron chi connectivity index (χ3n) is 4.03. The summed E-state index contributed by atoms with van der Waals surface area (Å²) in [7, 11) is 0. The number of H-pyrrole nitrogens is 2. The standard InChI is InChI=1S/C18H16N4O/c23-18(9-12-10-19-15-7-3-1-5-13(12)15)20-11-17-14-6-2-4-8-16(14)21-22-17/h1-8,10,19H,9,11H2,(H,20,23)(H,21,22). The van der Waals surface area contributed by atoms with Gasteiger partial charge in [-0.25, -0.2) is 0 Å². The first-order chi connectivity index (χ1) is 11.3. The molecule has 3 N–H and O–H groups in total. The minimum absolute atomic E-state index is 0.00608. The molecule has 23 heavy (non-hydrogen) atoms. The number of benzene rings is 2. The number of para-hydroxylation sites is 2. The molecule has 5 heteroatoms. The minimum atomic E-state index is -0.00608. The molecule has 114 valence electrons. The predicted octanol–water partition coefficient (Wildman–Crippen LogP) is 2.90. The highest BCUT2D eigenvalue weighted by Crippen LogP contribution is 2.18. The van der Waals surface area contributed by atoms with Crippen molar-refractivity contribution in [1.82, 2.24) is 20.5 Å². The van der Waals surface area contributed by atoms with E-state index in [9.17, 15) is 4.79 Å². The maximum Gasteiger partial charge on any atom is 0.224 e. The molecule has 2 heterocycles. The summed E-state index contributed by atoms with van der Waals surface area (Å²) in [5.41, 5.74) is 3.89. The normalized spacial score (nSPS) is 11.1. The van der Waals surface area contributed by atoms with Gasteiger partial charge < -0.3 is 10.3 Å². The van der Waals surface area contributed by atoms with Crippen LogP contribution in [-0.2, 0) is 17.8 Å². The zero-order valence-corrected chi connectivity index (χ0v) is 12.5. The molecule has 0 unspecified atom stereocenters. The van der Waals surface area contributed by atoms with Gasteiger partial charge in [0, 0.05) is 22.5 Å². The molecule has 0 bridgehead atoms. The Balaban J connectivity index is 1.46. The van der Waals surface area contributed by atoms with Crippen LogP contribution in [0.5, 0.6) is 0 Å². The van der Waals surface area contributed by atoms with E-state index >= 15 is 0 Å². The lowest BCUT2D eigenvalue weighted by atomic mass is 10.1. The summed E-state index contributed by atoms with van der Waals surface area (Å²) in [4.78, 5) is 15.4. The lowest BCUT2D eigenvalue weighted by molar-refractivity contribution is -0.120. The summed E-state index contributed by atoms with van der Waals surface area (Å²) in [6.07, 6.45) is 2.26. The Morgan fingerprint density at radius 2 is 1.83 bits per heavy atom. The van der Waals surface area contributed by atoms with Crippen molar-refractivity contribution in [3.05, 3.63) is 66.0 Å². The molecular formula is C18H16N4O. The molecule has 4 aromatic rings. The van der Waals surface area contributed by atoms with Crippen molar-refractivity contribution in [3.63, 3.8) is 0 Å². The van der Waals surface area contributed by atoms with E-state index < -0.39 is 0 Å². The molecule has 0 radical (unpaired) electrons. The Morgan fingerprint density at radius 3 is 2.74 bits per heavy atom. The van der Waals surface area contributed by atoms with E-state index in [1.54, 1.807) is 0 Å². The summed E-state index contributed by atoms with van der Waals surface area (Å²) < 4.78 is 0. The van der Waals surface area contributed by atoms with Gasteiger partial charge in [-0.1, -0.05) is 36.4 Å². The van der Waals surface area contributed by atoms with Crippen molar-refractivity contribution >= 4 is 27.7 Å². The number of carbonyl (C=O) groups excluding carboxylic acids is 1. The first kappa shape index (κ1) is 13.6. The molecule has 0 aliphatic rings. The molecular weight excluding hydrogens is 288 g/mol. The topological polar surface area (TPSA) is 73.6 Å². The largest absolute Gasteiger partial charge is 0.361 e. The van der Waals surface area contributed by atoms with Gasteiger partial charge in [0.2, 0.25) is 5.91 Å². The smallest absolute Gasteiger partial charge is 0.224 e. The molecule has 0 aliphatic heterocycles. The molecule has 4 rings (SSSR count). The number of amides is 1. The lowest BCUT2D eigenvalue weighted by Crippen LogP contribution is -2.24. The molecule has 2 aromatic carbocycles. The first-order valence-corrected chi connectivity index (χ1v) is 7.55. The van der Waals surface area contributed by atoms with E-state index in [1.165, 1.54) is 0 Å². The third kappa shape index (κ3) is 2.57. The van der Waals surface area contributed by atoms with Gasteiger partial charge in [-0.05, 0) is 17.7 Å². The molecule has 2 aromatic heterocycles. The van der Waals surface area contributed by atoms with Crippen LogP contribution in [0, 0.1) is 0 Å². The van der Waals surface area contributed by atoms with Crippen molar-refractivity contribution in [2.24, 2.45) is 0 Å². The summed E-state index contributed by atoms with van der Waals surface area (Å²) in [6.45, 7) is 0.446. The molecule has 0 spiro atoms. The van der Waals surface area contributed by atoms with Gasteiger partial charge in [0.05, 0.1) is 24.2 Å². The second-order valence-electron chi connectivity index (χ2n) is 5.53. The maximum atomic E-state index is 12.2. The summed E-state index contributed by atoms with van der Waals surface area (Å²) >= 11 is 0. The molecule has 0 aliphatic carbocycles. The molecule has 5 nitrogen and oxygen atoms in total. The second kappa shape index (κ2) is 5.61. The number of aromatic amines is 2. The second-order valence-corrected chi connectivity index (χ2v) is 5.53. The van der Waals surface area contributed by atoms with Gasteiger partial charge in [0.1, 0.15) is 0 Å². The van der Waals surface area contributed by atoms with Crippen LogP contribution in [0.15, 0.2) is 54.7 Å². The zero-order valence-electron chi connectivity index (χ0n) is 12.5. The van der Waals surface area contributed by atoms with Crippen molar-refractivity contribution in [3.8, 4) is 0 Å². The maximum absolute atomic E-state index is 12.2. The van der Waals surface area contributed by atoms with Crippen LogP contribution in [-0.4, -0.2) is 21.1 Å². The van der Waals surface area contributed by atoms with Crippen LogP contribution < -0.4 is 5.32 Å². The number of carbonyl (C=O) groups is 1. The molecule has 1 amide bonds. The average Bonchev–Trinajstić information content (AvgIpc) is 3.18. The Hall–Kier alpha value is -3.08. The van der Waals surface area contributed by atoms with E-state index in [-0.39, 0.29) is 5.91 Å². The number of hydrogen-bond donors (Lipinski definition) is 3. The van der Waals surface area contributed by atoms with E-state index in [1.807, 2.05) is 54.7 Å². The summed E-state index contributed by atoms with van der Waals surface area (Å²) in [6, 6.07) is 15.9. The number of nitrogens with one attached hydrogen (secondary N) is 3. The minimum Gasteiger partial charge on any atom is -0.361 e. The van der Waals surface area contributed by atoms with E-state index in [0.717, 1.165) is 33.1 Å². The molecule has 0 saturated carbocycles. The van der Waals surface area contributed by atoms with Crippen LogP contribution >= 0.6 is 0 Å². The van der Waals surface area contributed by atoms with Gasteiger partial charge in [-0.3, -0.25) is 9.89 Å². The van der Waals surface area contributed by atoms with Gasteiger partial charge in [-0.15, -0.1) is 0 Å². The van der Waals surface area contributed by atoms with E-state index in [2.05, 4.69) is 20.5 Å². The predicted molar refractivity (Wildman–Crippen MR) is 89.9 cm³/mol. The number of nitrogens with zero attached hydrogens (tertiary/aromatic N) is 1. The van der Waals surface area contributed by atoms with Gasteiger partial charge in [-0.2, -0.15) is 5.10 Å². The monoisotopic (exact) mass is 304 g/mol. The lowest BCUT2D eigenvalue weighted by Gasteiger charge is -2.04. The van der Waals surface area contributed by atoms with Gasteiger partial charge >= 0.3 is 0 Å². The Morgan fingerprint density at radius 1 is 1.04 bits per heavy atom. The number of fused-ring (bicyclic) bond motifs is 2. The van der Waals surface area contributed by atoms with Crippen LogP contribution in [0.25, 0.3) is 21.8 Å². The highest BCUT2D eigenvalue weighted by molar-refractivity contribution is 5.89. The van der Waals surface area contributed by atoms with Gasteiger partial charge in [0.15, 0.2) is 0 Å². The van der Waals surface area contributed by atoms with Crippen LogP contribution in [0.2, 0.25) is 0 Å². The summed E-state index contributed by atoms with van der Waals surface area (Å²) in [5.74, 6) is -0.00608. The molecule has 0 saturated heterocycles. The fourth-order valence-corrected chi connectivity index (χ4v) is 2.85. The SMILES string of the molecule is O=C(Cc1c[nH]c2ccccc12)NCc1[nH]nc2ccccc12. The summed E-state index contributed by atoms with van der Waals surface area (Å²) in [5, 5.41) is 12.3.